The molecule has 0 amide bonds. The van der Waals surface area contributed by atoms with Gasteiger partial charge in [0.1, 0.15) is 11.6 Å². The summed E-state index contributed by atoms with van der Waals surface area (Å²) in [5.41, 5.74) is 0. The lowest BCUT2D eigenvalue weighted by Gasteiger charge is -2.21. The summed E-state index contributed by atoms with van der Waals surface area (Å²) in [4.78, 5) is 2.53. The molecule has 1 atom stereocenters. The first-order valence-corrected chi connectivity index (χ1v) is 6.47. The smallest absolute Gasteiger partial charge is 0.146 e. The van der Waals surface area contributed by atoms with Crippen molar-refractivity contribution in [1.29, 1.82) is 0 Å². The van der Waals surface area contributed by atoms with E-state index < -0.39 is 0 Å². The van der Waals surface area contributed by atoms with E-state index in [1.165, 1.54) is 25.9 Å². The number of nitrogens with one attached hydrogen (secondary N) is 1. The number of rotatable bonds is 5. The molecular weight excluding hydrogens is 214 g/mol. The third kappa shape index (κ3) is 3.26. The summed E-state index contributed by atoms with van der Waals surface area (Å²) < 4.78 is 2.04. The zero-order valence-corrected chi connectivity index (χ0v) is 11.1. The van der Waals surface area contributed by atoms with E-state index in [2.05, 4.69) is 27.3 Å². The van der Waals surface area contributed by atoms with Crippen LogP contribution in [0.5, 0.6) is 0 Å². The average Bonchev–Trinajstić information content (AvgIpc) is 2.90. The van der Waals surface area contributed by atoms with Gasteiger partial charge in [0.05, 0.1) is 6.54 Å². The summed E-state index contributed by atoms with van der Waals surface area (Å²) in [5.74, 6) is 1.98. The summed E-state index contributed by atoms with van der Waals surface area (Å²) >= 11 is 0. The molecule has 0 aliphatic carbocycles. The molecule has 1 aliphatic heterocycles. The molecule has 2 heterocycles. The van der Waals surface area contributed by atoms with Gasteiger partial charge in [0, 0.05) is 19.6 Å². The lowest BCUT2D eigenvalue weighted by molar-refractivity contribution is 0.297. The average molecular weight is 237 g/mol. The maximum atomic E-state index is 4.16. The highest BCUT2D eigenvalue weighted by Crippen LogP contribution is 2.07. The van der Waals surface area contributed by atoms with E-state index in [1.807, 2.05) is 18.5 Å². The van der Waals surface area contributed by atoms with Crippen LogP contribution in [0.4, 0.5) is 0 Å². The number of aryl methyl sites for hydroxylation is 1. The standard InChI is InChI=1S/C12H23N5/c1-10(9-17-6-4-5-7-17)13-8-12-15-14-11(2)16(12)3/h10,13H,4-9H2,1-3H3. The first-order chi connectivity index (χ1) is 8.16. The molecule has 0 saturated carbocycles. The first kappa shape index (κ1) is 12.5. The SMILES string of the molecule is Cc1nnc(CNC(C)CN2CCCC2)n1C. The topological polar surface area (TPSA) is 46.0 Å². The number of nitrogens with zero attached hydrogens (tertiary/aromatic N) is 4. The van der Waals surface area contributed by atoms with Gasteiger partial charge in [-0.2, -0.15) is 0 Å². The van der Waals surface area contributed by atoms with E-state index in [1.54, 1.807) is 0 Å². The number of hydrogen-bond acceptors (Lipinski definition) is 4. The molecule has 1 unspecified atom stereocenters. The Labute approximate surface area is 103 Å². The molecule has 0 bridgehead atoms. The van der Waals surface area contributed by atoms with Crippen LogP contribution in [0.1, 0.15) is 31.4 Å². The predicted octanol–water partition coefficient (Wildman–Crippen LogP) is 0.697. The Morgan fingerprint density at radius 2 is 2.00 bits per heavy atom. The molecule has 1 N–H and O–H groups in total. The van der Waals surface area contributed by atoms with Crippen LogP contribution >= 0.6 is 0 Å². The number of aromatic nitrogens is 3. The van der Waals surface area contributed by atoms with Gasteiger partial charge in [-0.1, -0.05) is 0 Å². The third-order valence-corrected chi connectivity index (χ3v) is 3.52. The van der Waals surface area contributed by atoms with Gasteiger partial charge in [0.2, 0.25) is 0 Å². The first-order valence-electron chi connectivity index (χ1n) is 6.47. The summed E-state index contributed by atoms with van der Waals surface area (Å²) in [5, 5.41) is 11.7. The van der Waals surface area contributed by atoms with Gasteiger partial charge in [0.25, 0.3) is 0 Å². The van der Waals surface area contributed by atoms with E-state index in [4.69, 9.17) is 0 Å². The van der Waals surface area contributed by atoms with Crippen molar-refractivity contribution >= 4 is 0 Å². The van der Waals surface area contributed by atoms with Gasteiger partial charge >= 0.3 is 0 Å². The Hall–Kier alpha value is -0.940. The Bertz CT molecular complexity index is 354. The van der Waals surface area contributed by atoms with E-state index in [9.17, 15) is 0 Å². The largest absolute Gasteiger partial charge is 0.317 e. The minimum atomic E-state index is 0.505. The molecule has 0 radical (unpaired) electrons. The Kier molecular flexibility index (Phi) is 4.12. The van der Waals surface area contributed by atoms with Crippen LogP contribution in [0, 0.1) is 6.92 Å². The van der Waals surface area contributed by atoms with Crippen LogP contribution in [-0.2, 0) is 13.6 Å². The Morgan fingerprint density at radius 3 is 2.59 bits per heavy atom. The van der Waals surface area contributed by atoms with Crippen LogP contribution in [0.25, 0.3) is 0 Å². The molecule has 0 spiro atoms. The highest BCUT2D eigenvalue weighted by Gasteiger charge is 2.14. The van der Waals surface area contributed by atoms with E-state index in [-0.39, 0.29) is 0 Å². The van der Waals surface area contributed by atoms with Crippen LogP contribution in [0.2, 0.25) is 0 Å². The highest BCUT2D eigenvalue weighted by molar-refractivity contribution is 4.92. The van der Waals surface area contributed by atoms with Gasteiger partial charge in [0.15, 0.2) is 0 Å². The van der Waals surface area contributed by atoms with Gasteiger partial charge in [-0.25, -0.2) is 0 Å². The molecule has 2 rings (SSSR count). The van der Waals surface area contributed by atoms with Crippen molar-refractivity contribution in [2.24, 2.45) is 7.05 Å². The van der Waals surface area contributed by atoms with Crippen molar-refractivity contribution < 1.29 is 0 Å². The normalized spacial score (nSPS) is 18.8. The van der Waals surface area contributed by atoms with E-state index in [0.29, 0.717) is 6.04 Å². The molecule has 1 aromatic heterocycles. The molecule has 5 heteroatoms. The molecule has 0 aromatic carbocycles. The van der Waals surface area contributed by atoms with Crippen molar-refractivity contribution in [2.45, 2.75) is 39.3 Å². The van der Waals surface area contributed by atoms with Gasteiger partial charge in [-0.15, -0.1) is 10.2 Å². The molecule has 1 aliphatic rings. The second-order valence-corrected chi connectivity index (χ2v) is 5.01. The van der Waals surface area contributed by atoms with Gasteiger partial charge < -0.3 is 14.8 Å². The van der Waals surface area contributed by atoms with Crippen LogP contribution < -0.4 is 5.32 Å². The van der Waals surface area contributed by atoms with Crippen LogP contribution in [0.15, 0.2) is 0 Å². The van der Waals surface area contributed by atoms with E-state index >= 15 is 0 Å². The monoisotopic (exact) mass is 237 g/mol. The van der Waals surface area contributed by atoms with Crippen molar-refractivity contribution in [1.82, 2.24) is 25.0 Å². The fourth-order valence-corrected chi connectivity index (χ4v) is 2.29. The molecular formula is C12H23N5. The minimum absolute atomic E-state index is 0.505. The second kappa shape index (κ2) is 5.60. The zero-order valence-electron chi connectivity index (χ0n) is 11.1. The fraction of sp³-hybridized carbons (Fsp3) is 0.833. The summed E-state index contributed by atoms with van der Waals surface area (Å²) in [6, 6.07) is 0.505. The molecule has 1 aromatic rings. The van der Waals surface area contributed by atoms with Crippen LogP contribution in [0.3, 0.4) is 0 Å². The van der Waals surface area contributed by atoms with Crippen molar-refractivity contribution in [3.05, 3.63) is 11.6 Å². The molecule has 17 heavy (non-hydrogen) atoms. The van der Waals surface area contributed by atoms with Gasteiger partial charge in [-0.05, 0) is 39.8 Å². The van der Waals surface area contributed by atoms with Gasteiger partial charge in [-0.3, -0.25) is 0 Å². The number of hydrogen-bond donors (Lipinski definition) is 1. The Morgan fingerprint density at radius 1 is 1.29 bits per heavy atom. The maximum absolute atomic E-state index is 4.16. The quantitative estimate of drug-likeness (QED) is 0.819. The summed E-state index contributed by atoms with van der Waals surface area (Å²) in [6.45, 7) is 8.67. The van der Waals surface area contributed by atoms with Crippen LogP contribution in [-0.4, -0.2) is 45.3 Å². The van der Waals surface area contributed by atoms with Crippen molar-refractivity contribution in [3.8, 4) is 0 Å². The predicted molar refractivity (Wildman–Crippen MR) is 67.7 cm³/mol. The third-order valence-electron chi connectivity index (χ3n) is 3.52. The fourth-order valence-electron chi connectivity index (χ4n) is 2.29. The molecule has 96 valence electrons. The zero-order chi connectivity index (χ0) is 12.3. The molecule has 5 nitrogen and oxygen atoms in total. The maximum Gasteiger partial charge on any atom is 0.146 e. The molecule has 1 fully saturated rings. The summed E-state index contributed by atoms with van der Waals surface area (Å²) in [6.07, 6.45) is 2.71. The Balaban J connectivity index is 1.75. The van der Waals surface area contributed by atoms with Crippen molar-refractivity contribution in [3.63, 3.8) is 0 Å². The van der Waals surface area contributed by atoms with Crippen molar-refractivity contribution in [2.75, 3.05) is 19.6 Å². The molecule has 1 saturated heterocycles. The highest BCUT2D eigenvalue weighted by atomic mass is 15.3. The van der Waals surface area contributed by atoms with E-state index in [0.717, 1.165) is 24.7 Å². The summed E-state index contributed by atoms with van der Waals surface area (Å²) in [7, 11) is 2.01. The minimum Gasteiger partial charge on any atom is -0.317 e. The lowest BCUT2D eigenvalue weighted by atomic mass is 10.3. The number of likely N-dealkylation sites (tertiary alicyclic amines) is 1. The second-order valence-electron chi connectivity index (χ2n) is 5.01. The lowest BCUT2D eigenvalue weighted by Crippen LogP contribution is -2.38.